The molecule has 0 unspecified atom stereocenters. The molecule has 0 fully saturated rings. The summed E-state index contributed by atoms with van der Waals surface area (Å²) in [6.07, 6.45) is 1.43. The zero-order valence-corrected chi connectivity index (χ0v) is 15.7. The first-order valence-electron chi connectivity index (χ1n) is 8.80. The highest BCUT2D eigenvalue weighted by Gasteiger charge is 2.09. The van der Waals surface area contributed by atoms with Gasteiger partial charge in [0.25, 0.3) is 0 Å². The number of nitrogens with two attached hydrogens (primary N) is 1. The standard InChI is InChI=1S/C20H22N6O2/c1-3-28-17-10-8-16(9-11-17)26-20-18(21)19(22-12-23-20)25-15-6-4-14(5-7-15)24-13(2)27/h4-12H,3,21H2,1-2H3,(H,24,27)(H2,22,23,25,26). The molecule has 5 N–H and O–H groups in total. The zero-order chi connectivity index (χ0) is 19.9. The lowest BCUT2D eigenvalue weighted by Gasteiger charge is -2.13. The van der Waals surface area contributed by atoms with Gasteiger partial charge in [-0.1, -0.05) is 0 Å². The lowest BCUT2D eigenvalue weighted by atomic mass is 10.2. The van der Waals surface area contributed by atoms with Gasteiger partial charge in [0, 0.05) is 24.0 Å². The summed E-state index contributed by atoms with van der Waals surface area (Å²) in [6.45, 7) is 4.02. The molecule has 3 rings (SSSR count). The van der Waals surface area contributed by atoms with Crippen molar-refractivity contribution in [1.29, 1.82) is 0 Å². The Hall–Kier alpha value is -3.81. The average molecular weight is 378 g/mol. The van der Waals surface area contributed by atoms with Crippen molar-refractivity contribution in [3.05, 3.63) is 54.9 Å². The number of nitrogen functional groups attached to an aromatic ring is 1. The molecule has 0 saturated carbocycles. The van der Waals surface area contributed by atoms with Crippen LogP contribution in [0, 0.1) is 0 Å². The number of nitrogens with one attached hydrogen (secondary N) is 3. The highest BCUT2D eigenvalue weighted by molar-refractivity contribution is 5.89. The second-order valence-electron chi connectivity index (χ2n) is 5.95. The molecule has 2 aromatic carbocycles. The molecule has 0 aliphatic heterocycles. The van der Waals surface area contributed by atoms with Crippen molar-refractivity contribution >= 4 is 40.3 Å². The van der Waals surface area contributed by atoms with E-state index in [2.05, 4.69) is 25.9 Å². The van der Waals surface area contributed by atoms with E-state index in [1.54, 1.807) is 12.1 Å². The molecule has 0 atom stereocenters. The Morgan fingerprint density at radius 3 is 1.93 bits per heavy atom. The van der Waals surface area contributed by atoms with Gasteiger partial charge >= 0.3 is 0 Å². The van der Waals surface area contributed by atoms with E-state index in [4.69, 9.17) is 10.5 Å². The molecular weight excluding hydrogens is 356 g/mol. The van der Waals surface area contributed by atoms with Gasteiger partial charge in [-0.25, -0.2) is 9.97 Å². The SMILES string of the molecule is CCOc1ccc(Nc2ncnc(Nc3ccc(NC(C)=O)cc3)c2N)cc1. The van der Waals surface area contributed by atoms with Crippen molar-refractivity contribution in [2.24, 2.45) is 0 Å². The molecule has 0 radical (unpaired) electrons. The number of nitrogens with zero attached hydrogens (tertiary/aromatic N) is 2. The Morgan fingerprint density at radius 2 is 1.43 bits per heavy atom. The van der Waals surface area contributed by atoms with Crippen LogP contribution in [0.2, 0.25) is 0 Å². The Bertz CT molecular complexity index is 942. The first-order valence-corrected chi connectivity index (χ1v) is 8.80. The van der Waals surface area contributed by atoms with Crippen LogP contribution in [0.3, 0.4) is 0 Å². The molecule has 8 heteroatoms. The topological polar surface area (TPSA) is 114 Å². The number of benzene rings is 2. The molecule has 1 amide bonds. The second-order valence-corrected chi connectivity index (χ2v) is 5.95. The van der Waals surface area contributed by atoms with Gasteiger partial charge < -0.3 is 26.4 Å². The van der Waals surface area contributed by atoms with E-state index >= 15 is 0 Å². The Labute approximate surface area is 163 Å². The molecule has 0 spiro atoms. The molecule has 28 heavy (non-hydrogen) atoms. The molecule has 144 valence electrons. The van der Waals surface area contributed by atoms with Crippen molar-refractivity contribution in [3.63, 3.8) is 0 Å². The predicted octanol–water partition coefficient (Wildman–Crippen LogP) is 3.90. The molecule has 3 aromatic rings. The number of aromatic nitrogens is 2. The first-order chi connectivity index (χ1) is 13.5. The van der Waals surface area contributed by atoms with E-state index < -0.39 is 0 Å². The number of amides is 1. The van der Waals surface area contributed by atoms with Crippen LogP contribution in [0.1, 0.15) is 13.8 Å². The maximum atomic E-state index is 11.1. The van der Waals surface area contributed by atoms with Gasteiger partial charge in [-0.2, -0.15) is 0 Å². The van der Waals surface area contributed by atoms with Gasteiger partial charge in [0.2, 0.25) is 5.91 Å². The minimum absolute atomic E-state index is 0.120. The van der Waals surface area contributed by atoms with Crippen molar-refractivity contribution in [3.8, 4) is 5.75 Å². The van der Waals surface area contributed by atoms with Crippen LogP contribution in [0.5, 0.6) is 5.75 Å². The smallest absolute Gasteiger partial charge is 0.221 e. The Morgan fingerprint density at radius 1 is 0.929 bits per heavy atom. The van der Waals surface area contributed by atoms with Gasteiger partial charge in [0.05, 0.1) is 6.61 Å². The van der Waals surface area contributed by atoms with Gasteiger partial charge in [-0.3, -0.25) is 4.79 Å². The third kappa shape index (κ3) is 4.88. The number of carbonyl (C=O) groups excluding carboxylic acids is 1. The van der Waals surface area contributed by atoms with Crippen molar-refractivity contribution in [2.75, 3.05) is 28.3 Å². The van der Waals surface area contributed by atoms with E-state index in [0.717, 1.165) is 17.1 Å². The van der Waals surface area contributed by atoms with Crippen LogP contribution in [0.15, 0.2) is 54.9 Å². The number of hydrogen-bond donors (Lipinski definition) is 4. The van der Waals surface area contributed by atoms with Crippen molar-refractivity contribution in [2.45, 2.75) is 13.8 Å². The van der Waals surface area contributed by atoms with Crippen LogP contribution >= 0.6 is 0 Å². The molecule has 8 nitrogen and oxygen atoms in total. The fraction of sp³-hybridized carbons (Fsp3) is 0.150. The number of ether oxygens (including phenoxy) is 1. The van der Waals surface area contributed by atoms with E-state index in [9.17, 15) is 4.79 Å². The number of hydrogen-bond acceptors (Lipinski definition) is 7. The molecular formula is C20H22N6O2. The number of rotatable bonds is 7. The quantitative estimate of drug-likeness (QED) is 0.493. The fourth-order valence-corrected chi connectivity index (χ4v) is 2.51. The van der Waals surface area contributed by atoms with Crippen LogP contribution in [-0.2, 0) is 4.79 Å². The maximum Gasteiger partial charge on any atom is 0.221 e. The van der Waals surface area contributed by atoms with Crippen LogP contribution in [0.4, 0.5) is 34.4 Å². The van der Waals surface area contributed by atoms with E-state index in [1.807, 2.05) is 43.3 Å². The summed E-state index contributed by atoms with van der Waals surface area (Å²) < 4.78 is 5.44. The zero-order valence-electron chi connectivity index (χ0n) is 15.7. The summed E-state index contributed by atoms with van der Waals surface area (Å²) in [5.41, 5.74) is 8.94. The summed E-state index contributed by atoms with van der Waals surface area (Å²) in [5, 5.41) is 9.05. The first kappa shape index (κ1) is 19.0. The Balaban J connectivity index is 1.72. The molecule has 0 aliphatic rings. The van der Waals surface area contributed by atoms with E-state index in [-0.39, 0.29) is 5.91 Å². The van der Waals surface area contributed by atoms with Crippen LogP contribution in [-0.4, -0.2) is 22.5 Å². The summed E-state index contributed by atoms with van der Waals surface area (Å²) in [6, 6.07) is 14.8. The Kier molecular flexibility index (Phi) is 5.91. The minimum Gasteiger partial charge on any atom is -0.494 e. The predicted molar refractivity (Wildman–Crippen MR) is 111 cm³/mol. The lowest BCUT2D eigenvalue weighted by Crippen LogP contribution is -2.06. The maximum absolute atomic E-state index is 11.1. The second kappa shape index (κ2) is 8.72. The minimum atomic E-state index is -0.120. The third-order valence-electron chi connectivity index (χ3n) is 3.78. The highest BCUT2D eigenvalue weighted by atomic mass is 16.5. The largest absolute Gasteiger partial charge is 0.494 e. The molecule has 1 aromatic heterocycles. The molecule has 1 heterocycles. The molecule has 0 saturated heterocycles. The summed E-state index contributed by atoms with van der Waals surface area (Å²) in [7, 11) is 0. The van der Waals surface area contributed by atoms with Crippen molar-refractivity contribution < 1.29 is 9.53 Å². The van der Waals surface area contributed by atoms with Gasteiger partial charge in [0.1, 0.15) is 17.8 Å². The average Bonchev–Trinajstić information content (AvgIpc) is 2.68. The summed E-state index contributed by atoms with van der Waals surface area (Å²) in [4.78, 5) is 19.5. The van der Waals surface area contributed by atoms with Crippen LogP contribution < -0.4 is 26.4 Å². The fourth-order valence-electron chi connectivity index (χ4n) is 2.51. The monoisotopic (exact) mass is 378 g/mol. The van der Waals surface area contributed by atoms with E-state index in [0.29, 0.717) is 29.6 Å². The van der Waals surface area contributed by atoms with Crippen LogP contribution in [0.25, 0.3) is 0 Å². The summed E-state index contributed by atoms with van der Waals surface area (Å²) >= 11 is 0. The van der Waals surface area contributed by atoms with Gasteiger partial charge in [0.15, 0.2) is 11.6 Å². The normalized spacial score (nSPS) is 10.2. The van der Waals surface area contributed by atoms with Gasteiger partial charge in [-0.15, -0.1) is 0 Å². The molecule has 0 aliphatic carbocycles. The van der Waals surface area contributed by atoms with Gasteiger partial charge in [-0.05, 0) is 55.5 Å². The van der Waals surface area contributed by atoms with Crippen molar-refractivity contribution in [1.82, 2.24) is 9.97 Å². The lowest BCUT2D eigenvalue weighted by molar-refractivity contribution is -0.114. The number of carbonyl (C=O) groups is 1. The highest BCUT2D eigenvalue weighted by Crippen LogP contribution is 2.29. The summed E-state index contributed by atoms with van der Waals surface area (Å²) in [5.74, 6) is 1.66. The van der Waals surface area contributed by atoms with E-state index in [1.165, 1.54) is 13.3 Å². The number of anilines is 6. The third-order valence-corrected chi connectivity index (χ3v) is 3.78. The molecule has 0 bridgehead atoms.